The van der Waals surface area contributed by atoms with E-state index in [0.717, 1.165) is 33.9 Å². The van der Waals surface area contributed by atoms with Gasteiger partial charge in [0, 0.05) is 17.2 Å². The van der Waals surface area contributed by atoms with E-state index in [-0.39, 0.29) is 0 Å². The summed E-state index contributed by atoms with van der Waals surface area (Å²) < 4.78 is 10.9. The maximum Gasteiger partial charge on any atom is 0.125 e. The normalized spacial score (nSPS) is 10.6. The molecule has 96 valence electrons. The maximum absolute atomic E-state index is 6.22. The fourth-order valence-corrected chi connectivity index (χ4v) is 1.85. The van der Waals surface area contributed by atoms with Crippen LogP contribution in [0.25, 0.3) is 0 Å². The predicted octanol–water partition coefficient (Wildman–Crippen LogP) is 2.83. The van der Waals surface area contributed by atoms with E-state index in [9.17, 15) is 0 Å². The number of halogens is 1. The first-order valence-electron chi connectivity index (χ1n) is 5.72. The van der Waals surface area contributed by atoms with Crippen LogP contribution in [0.5, 0.6) is 5.75 Å². The summed E-state index contributed by atoms with van der Waals surface area (Å²) in [7, 11) is 1.66. The van der Waals surface area contributed by atoms with Crippen LogP contribution >= 0.6 is 11.6 Å². The largest absolute Gasteiger partial charge is 0.496 e. The van der Waals surface area contributed by atoms with E-state index >= 15 is 0 Å². The van der Waals surface area contributed by atoms with Crippen molar-refractivity contribution in [2.75, 3.05) is 20.3 Å². The first kappa shape index (κ1) is 14.3. The van der Waals surface area contributed by atoms with Gasteiger partial charge in [-0.1, -0.05) is 11.6 Å². The van der Waals surface area contributed by atoms with Crippen molar-refractivity contribution < 1.29 is 9.47 Å². The van der Waals surface area contributed by atoms with E-state index < -0.39 is 0 Å². The standard InChI is InChI=1S/C13H20ClNO2/c1-9-7-12(16-3)11(10(2)13(9)14)8-17-6-4-5-15/h7H,4-6,8,15H2,1-3H3. The van der Waals surface area contributed by atoms with E-state index in [0.29, 0.717) is 19.8 Å². The maximum atomic E-state index is 6.22. The molecule has 0 aliphatic heterocycles. The molecule has 2 N–H and O–H groups in total. The van der Waals surface area contributed by atoms with Crippen LogP contribution in [0, 0.1) is 13.8 Å². The van der Waals surface area contributed by atoms with Gasteiger partial charge in [-0.3, -0.25) is 0 Å². The van der Waals surface area contributed by atoms with Crippen LogP contribution in [-0.2, 0) is 11.3 Å². The third kappa shape index (κ3) is 3.60. The molecule has 0 heterocycles. The van der Waals surface area contributed by atoms with Crippen molar-refractivity contribution in [3.63, 3.8) is 0 Å². The Hall–Kier alpha value is -0.770. The molecule has 0 amide bonds. The highest BCUT2D eigenvalue weighted by atomic mass is 35.5. The van der Waals surface area contributed by atoms with Crippen LogP contribution < -0.4 is 10.5 Å². The fraction of sp³-hybridized carbons (Fsp3) is 0.538. The second-order valence-corrected chi connectivity index (χ2v) is 4.39. The molecule has 0 radical (unpaired) electrons. The Bertz CT molecular complexity index is 380. The average Bonchev–Trinajstić information content (AvgIpc) is 2.33. The lowest BCUT2D eigenvalue weighted by atomic mass is 10.0. The highest BCUT2D eigenvalue weighted by molar-refractivity contribution is 6.32. The Morgan fingerprint density at radius 2 is 2.06 bits per heavy atom. The van der Waals surface area contributed by atoms with Crippen LogP contribution in [0.3, 0.4) is 0 Å². The summed E-state index contributed by atoms with van der Waals surface area (Å²) in [6, 6.07) is 1.94. The topological polar surface area (TPSA) is 44.5 Å². The molecule has 1 rings (SSSR count). The van der Waals surface area contributed by atoms with Gasteiger partial charge in [-0.15, -0.1) is 0 Å². The minimum atomic E-state index is 0.509. The third-order valence-electron chi connectivity index (χ3n) is 2.73. The van der Waals surface area contributed by atoms with Crippen LogP contribution in [0.2, 0.25) is 5.02 Å². The van der Waals surface area contributed by atoms with Gasteiger partial charge in [-0.05, 0) is 44.0 Å². The van der Waals surface area contributed by atoms with Gasteiger partial charge in [-0.2, -0.15) is 0 Å². The molecule has 0 saturated carbocycles. The molecule has 0 unspecified atom stereocenters. The smallest absolute Gasteiger partial charge is 0.125 e. The van der Waals surface area contributed by atoms with Crippen LogP contribution in [0.15, 0.2) is 6.07 Å². The van der Waals surface area contributed by atoms with Crippen LogP contribution in [0.4, 0.5) is 0 Å². The Labute approximate surface area is 108 Å². The van der Waals surface area contributed by atoms with Crippen molar-refractivity contribution in [2.45, 2.75) is 26.9 Å². The Balaban J connectivity index is 2.85. The number of benzene rings is 1. The Kier molecular flexibility index (Phi) is 5.75. The van der Waals surface area contributed by atoms with Crippen molar-refractivity contribution in [3.05, 3.63) is 27.8 Å². The summed E-state index contributed by atoms with van der Waals surface area (Å²) in [4.78, 5) is 0. The highest BCUT2D eigenvalue weighted by Gasteiger charge is 2.12. The van der Waals surface area contributed by atoms with Crippen LogP contribution in [-0.4, -0.2) is 20.3 Å². The third-order valence-corrected chi connectivity index (χ3v) is 3.31. The molecule has 17 heavy (non-hydrogen) atoms. The van der Waals surface area contributed by atoms with Gasteiger partial charge in [-0.25, -0.2) is 0 Å². The van der Waals surface area contributed by atoms with E-state index in [4.69, 9.17) is 26.8 Å². The zero-order valence-corrected chi connectivity index (χ0v) is 11.4. The number of hydrogen-bond acceptors (Lipinski definition) is 3. The number of ether oxygens (including phenoxy) is 2. The molecule has 1 aromatic rings. The summed E-state index contributed by atoms with van der Waals surface area (Å²) in [6.07, 6.45) is 0.862. The molecule has 0 aromatic heterocycles. The zero-order chi connectivity index (χ0) is 12.8. The first-order chi connectivity index (χ1) is 8.11. The lowest BCUT2D eigenvalue weighted by Gasteiger charge is -2.15. The van der Waals surface area contributed by atoms with E-state index in [2.05, 4.69) is 0 Å². The fourth-order valence-electron chi connectivity index (χ4n) is 1.68. The minimum absolute atomic E-state index is 0.509. The van der Waals surface area contributed by atoms with Crippen molar-refractivity contribution in [1.82, 2.24) is 0 Å². The molecule has 0 fully saturated rings. The number of aryl methyl sites for hydroxylation is 1. The molecule has 0 saturated heterocycles. The molecule has 4 heteroatoms. The van der Waals surface area contributed by atoms with Gasteiger partial charge in [0.1, 0.15) is 5.75 Å². The average molecular weight is 258 g/mol. The summed E-state index contributed by atoms with van der Waals surface area (Å²) >= 11 is 6.22. The van der Waals surface area contributed by atoms with Gasteiger partial charge in [0.15, 0.2) is 0 Å². The molecule has 0 aliphatic rings. The van der Waals surface area contributed by atoms with Crippen molar-refractivity contribution in [2.24, 2.45) is 5.73 Å². The van der Waals surface area contributed by atoms with Crippen molar-refractivity contribution in [3.8, 4) is 5.75 Å². The van der Waals surface area contributed by atoms with E-state index in [1.807, 2.05) is 19.9 Å². The van der Waals surface area contributed by atoms with Gasteiger partial charge in [0.2, 0.25) is 0 Å². The summed E-state index contributed by atoms with van der Waals surface area (Å²) in [6.45, 7) is 5.76. The molecule has 3 nitrogen and oxygen atoms in total. The quantitative estimate of drug-likeness (QED) is 0.797. The Morgan fingerprint density at radius 1 is 1.35 bits per heavy atom. The van der Waals surface area contributed by atoms with Gasteiger partial charge < -0.3 is 15.2 Å². The number of hydrogen-bond donors (Lipinski definition) is 1. The second kappa shape index (κ2) is 6.84. The lowest BCUT2D eigenvalue weighted by molar-refractivity contribution is 0.117. The Morgan fingerprint density at radius 3 is 2.65 bits per heavy atom. The van der Waals surface area contributed by atoms with Gasteiger partial charge in [0.25, 0.3) is 0 Å². The first-order valence-corrected chi connectivity index (χ1v) is 6.10. The van der Waals surface area contributed by atoms with Crippen LogP contribution in [0.1, 0.15) is 23.1 Å². The van der Waals surface area contributed by atoms with E-state index in [1.165, 1.54) is 0 Å². The van der Waals surface area contributed by atoms with Crippen molar-refractivity contribution >= 4 is 11.6 Å². The second-order valence-electron chi connectivity index (χ2n) is 4.01. The van der Waals surface area contributed by atoms with Gasteiger partial charge in [0.05, 0.1) is 13.7 Å². The monoisotopic (exact) mass is 257 g/mol. The van der Waals surface area contributed by atoms with E-state index in [1.54, 1.807) is 7.11 Å². The highest BCUT2D eigenvalue weighted by Crippen LogP contribution is 2.31. The van der Waals surface area contributed by atoms with Gasteiger partial charge >= 0.3 is 0 Å². The molecular formula is C13H20ClNO2. The molecule has 0 bridgehead atoms. The molecule has 0 aliphatic carbocycles. The SMILES string of the molecule is COc1cc(C)c(Cl)c(C)c1COCCCN. The summed E-state index contributed by atoms with van der Waals surface area (Å²) in [5.74, 6) is 0.831. The minimum Gasteiger partial charge on any atom is -0.496 e. The summed E-state index contributed by atoms with van der Waals surface area (Å²) in [5, 5.41) is 0.781. The molecule has 0 spiro atoms. The number of rotatable bonds is 6. The number of methoxy groups -OCH3 is 1. The summed E-state index contributed by atoms with van der Waals surface area (Å²) in [5.41, 5.74) is 8.47. The molecule has 1 aromatic carbocycles. The zero-order valence-electron chi connectivity index (χ0n) is 10.7. The number of nitrogens with two attached hydrogens (primary N) is 1. The predicted molar refractivity (Wildman–Crippen MR) is 70.8 cm³/mol. The molecule has 0 atom stereocenters. The molecular weight excluding hydrogens is 238 g/mol. The lowest BCUT2D eigenvalue weighted by Crippen LogP contribution is -2.06. The van der Waals surface area contributed by atoms with Crippen molar-refractivity contribution in [1.29, 1.82) is 0 Å².